The van der Waals surface area contributed by atoms with E-state index in [1.165, 1.54) is 24.0 Å². The molecule has 0 saturated carbocycles. The van der Waals surface area contributed by atoms with E-state index in [9.17, 15) is 0 Å². The molecule has 2 rings (SSSR count). The molecule has 0 bridgehead atoms. The minimum atomic E-state index is 0.277. The summed E-state index contributed by atoms with van der Waals surface area (Å²) in [5, 5.41) is 0. The van der Waals surface area contributed by atoms with Crippen molar-refractivity contribution in [1.29, 1.82) is 0 Å². The van der Waals surface area contributed by atoms with Crippen LogP contribution in [0.4, 0.5) is 0 Å². The van der Waals surface area contributed by atoms with Gasteiger partial charge in [-0.05, 0) is 62.4 Å². The van der Waals surface area contributed by atoms with E-state index >= 15 is 0 Å². The third-order valence-corrected chi connectivity index (χ3v) is 4.52. The van der Waals surface area contributed by atoms with Gasteiger partial charge in [0.25, 0.3) is 0 Å². The smallest absolute Gasteiger partial charge is 0.161 e. The summed E-state index contributed by atoms with van der Waals surface area (Å²) in [4.78, 5) is 2.51. The van der Waals surface area contributed by atoms with E-state index in [-0.39, 0.29) is 6.04 Å². The zero-order valence-corrected chi connectivity index (χ0v) is 13.7. The number of methoxy groups -OCH3 is 2. The number of piperidine rings is 1. The standard InChI is InChI=1S/C17H28N2O2/c1-12-8-16(20-3)17(21-4)9-15(12)11-19-7-5-6-14(10-19)13(2)18/h8-9,13-14H,5-7,10-11,18H2,1-4H3. The first kappa shape index (κ1) is 16.1. The van der Waals surface area contributed by atoms with E-state index in [0.717, 1.165) is 31.1 Å². The van der Waals surface area contributed by atoms with Gasteiger partial charge < -0.3 is 15.2 Å². The number of nitrogens with zero attached hydrogens (tertiary/aromatic N) is 1. The van der Waals surface area contributed by atoms with Crippen LogP contribution in [0.5, 0.6) is 11.5 Å². The number of benzene rings is 1. The van der Waals surface area contributed by atoms with Crippen molar-refractivity contribution in [3.05, 3.63) is 23.3 Å². The summed E-state index contributed by atoms with van der Waals surface area (Å²) in [5.41, 5.74) is 8.62. The maximum atomic E-state index is 6.07. The minimum Gasteiger partial charge on any atom is -0.493 e. The summed E-state index contributed by atoms with van der Waals surface area (Å²) in [6.45, 7) is 7.44. The maximum absolute atomic E-state index is 6.07. The zero-order chi connectivity index (χ0) is 15.4. The van der Waals surface area contributed by atoms with Gasteiger partial charge in [-0.3, -0.25) is 4.90 Å². The summed E-state index contributed by atoms with van der Waals surface area (Å²) < 4.78 is 10.8. The third kappa shape index (κ3) is 3.89. The van der Waals surface area contributed by atoms with Crippen LogP contribution in [-0.2, 0) is 6.54 Å². The van der Waals surface area contributed by atoms with Gasteiger partial charge in [-0.1, -0.05) is 0 Å². The summed E-state index contributed by atoms with van der Waals surface area (Å²) >= 11 is 0. The monoisotopic (exact) mass is 292 g/mol. The molecule has 0 spiro atoms. The van der Waals surface area contributed by atoms with Gasteiger partial charge in [0, 0.05) is 19.1 Å². The molecule has 1 aromatic carbocycles. The van der Waals surface area contributed by atoms with Gasteiger partial charge in [-0.2, -0.15) is 0 Å². The molecule has 0 aliphatic carbocycles. The molecule has 2 N–H and O–H groups in total. The Balaban J connectivity index is 2.12. The molecule has 118 valence electrons. The van der Waals surface area contributed by atoms with E-state index in [0.29, 0.717) is 5.92 Å². The van der Waals surface area contributed by atoms with Gasteiger partial charge in [-0.25, -0.2) is 0 Å². The van der Waals surface area contributed by atoms with Crippen LogP contribution in [0.25, 0.3) is 0 Å². The van der Waals surface area contributed by atoms with Gasteiger partial charge in [0.15, 0.2) is 11.5 Å². The molecule has 1 saturated heterocycles. The topological polar surface area (TPSA) is 47.7 Å². The summed E-state index contributed by atoms with van der Waals surface area (Å²) in [7, 11) is 3.36. The molecule has 4 nitrogen and oxygen atoms in total. The normalized spacial score (nSPS) is 21.1. The Morgan fingerprint density at radius 1 is 1.29 bits per heavy atom. The third-order valence-electron chi connectivity index (χ3n) is 4.52. The Bertz CT molecular complexity index is 474. The largest absolute Gasteiger partial charge is 0.493 e. The molecule has 0 aromatic heterocycles. The van der Waals surface area contributed by atoms with Gasteiger partial charge in [0.1, 0.15) is 0 Å². The highest BCUT2D eigenvalue weighted by atomic mass is 16.5. The summed E-state index contributed by atoms with van der Waals surface area (Å²) in [6.07, 6.45) is 2.48. The Morgan fingerprint density at radius 3 is 2.57 bits per heavy atom. The van der Waals surface area contributed by atoms with Gasteiger partial charge in [-0.15, -0.1) is 0 Å². The van der Waals surface area contributed by atoms with Crippen molar-refractivity contribution in [2.45, 2.75) is 39.3 Å². The lowest BCUT2D eigenvalue weighted by molar-refractivity contribution is 0.154. The van der Waals surface area contributed by atoms with Crippen molar-refractivity contribution >= 4 is 0 Å². The van der Waals surface area contributed by atoms with E-state index in [1.807, 2.05) is 0 Å². The minimum absolute atomic E-state index is 0.277. The highest BCUT2D eigenvalue weighted by Crippen LogP contribution is 2.31. The highest BCUT2D eigenvalue weighted by molar-refractivity contribution is 5.47. The van der Waals surface area contributed by atoms with Crippen LogP contribution in [0.2, 0.25) is 0 Å². The second-order valence-corrected chi connectivity index (χ2v) is 6.13. The molecule has 1 fully saturated rings. The number of ether oxygens (including phenoxy) is 2. The average Bonchev–Trinajstić information content (AvgIpc) is 2.49. The van der Waals surface area contributed by atoms with Crippen LogP contribution >= 0.6 is 0 Å². The van der Waals surface area contributed by atoms with Crippen molar-refractivity contribution in [3.8, 4) is 11.5 Å². The van der Waals surface area contributed by atoms with E-state index < -0.39 is 0 Å². The zero-order valence-electron chi connectivity index (χ0n) is 13.7. The van der Waals surface area contributed by atoms with Crippen LogP contribution < -0.4 is 15.2 Å². The fourth-order valence-corrected chi connectivity index (χ4v) is 3.10. The Labute approximate surface area is 128 Å². The molecule has 1 aliphatic rings. The molecule has 0 radical (unpaired) electrons. The van der Waals surface area contributed by atoms with Gasteiger partial charge in [0.2, 0.25) is 0 Å². The van der Waals surface area contributed by atoms with Gasteiger partial charge >= 0.3 is 0 Å². The molecule has 4 heteroatoms. The van der Waals surface area contributed by atoms with Crippen molar-refractivity contribution in [2.75, 3.05) is 27.3 Å². The Hall–Kier alpha value is -1.26. The van der Waals surface area contributed by atoms with E-state index in [2.05, 4.69) is 30.9 Å². The lowest BCUT2D eigenvalue weighted by Crippen LogP contribution is -2.42. The molecule has 1 aromatic rings. The lowest BCUT2D eigenvalue weighted by atomic mass is 9.91. The number of aryl methyl sites for hydroxylation is 1. The quantitative estimate of drug-likeness (QED) is 0.906. The Kier molecular flexibility index (Phi) is 5.48. The van der Waals surface area contributed by atoms with E-state index in [1.54, 1.807) is 14.2 Å². The number of nitrogens with two attached hydrogens (primary N) is 1. The van der Waals surface area contributed by atoms with Crippen molar-refractivity contribution in [3.63, 3.8) is 0 Å². The highest BCUT2D eigenvalue weighted by Gasteiger charge is 2.23. The predicted molar refractivity (Wildman–Crippen MR) is 85.9 cm³/mol. The number of rotatable bonds is 5. The second-order valence-electron chi connectivity index (χ2n) is 6.13. The number of hydrogen-bond donors (Lipinski definition) is 1. The van der Waals surface area contributed by atoms with Crippen LogP contribution in [0.15, 0.2) is 12.1 Å². The molecule has 2 atom stereocenters. The maximum Gasteiger partial charge on any atom is 0.161 e. The lowest BCUT2D eigenvalue weighted by Gasteiger charge is -2.35. The van der Waals surface area contributed by atoms with Crippen molar-refractivity contribution in [2.24, 2.45) is 11.7 Å². The van der Waals surface area contributed by atoms with Crippen LogP contribution in [0, 0.1) is 12.8 Å². The molecule has 2 unspecified atom stereocenters. The SMILES string of the molecule is COc1cc(C)c(CN2CCCC(C(C)N)C2)cc1OC. The Morgan fingerprint density at radius 2 is 1.95 bits per heavy atom. The fraction of sp³-hybridized carbons (Fsp3) is 0.647. The van der Waals surface area contributed by atoms with Crippen LogP contribution in [0.3, 0.4) is 0 Å². The molecular weight excluding hydrogens is 264 g/mol. The summed E-state index contributed by atoms with van der Waals surface area (Å²) in [6, 6.07) is 4.43. The van der Waals surface area contributed by atoms with E-state index in [4.69, 9.17) is 15.2 Å². The molecule has 1 heterocycles. The van der Waals surface area contributed by atoms with Gasteiger partial charge in [0.05, 0.1) is 14.2 Å². The van der Waals surface area contributed by atoms with Crippen LogP contribution in [0.1, 0.15) is 30.9 Å². The van der Waals surface area contributed by atoms with Crippen molar-refractivity contribution in [1.82, 2.24) is 4.90 Å². The molecule has 0 amide bonds. The second kappa shape index (κ2) is 7.14. The number of hydrogen-bond acceptors (Lipinski definition) is 4. The number of likely N-dealkylation sites (tertiary alicyclic amines) is 1. The predicted octanol–water partition coefficient (Wildman–Crippen LogP) is 2.57. The first-order valence-electron chi connectivity index (χ1n) is 7.74. The molecule has 1 aliphatic heterocycles. The molecular formula is C17H28N2O2. The first-order chi connectivity index (χ1) is 10.0. The van der Waals surface area contributed by atoms with Crippen molar-refractivity contribution < 1.29 is 9.47 Å². The first-order valence-corrected chi connectivity index (χ1v) is 7.74. The average molecular weight is 292 g/mol. The molecule has 21 heavy (non-hydrogen) atoms. The van der Waals surface area contributed by atoms with Crippen LogP contribution in [-0.4, -0.2) is 38.3 Å². The summed E-state index contributed by atoms with van der Waals surface area (Å²) in [5.74, 6) is 2.21. The fourth-order valence-electron chi connectivity index (χ4n) is 3.10.